The van der Waals surface area contributed by atoms with Gasteiger partial charge in [0.15, 0.2) is 0 Å². The van der Waals surface area contributed by atoms with E-state index < -0.39 is 15.9 Å². The Bertz CT molecular complexity index is 988. The van der Waals surface area contributed by atoms with Crippen molar-refractivity contribution in [2.75, 3.05) is 19.7 Å². The number of benzene rings is 2. The lowest BCUT2D eigenvalue weighted by molar-refractivity contribution is 0.0926. The van der Waals surface area contributed by atoms with Gasteiger partial charge in [-0.05, 0) is 56.5 Å². The molecule has 8 heteroatoms. The van der Waals surface area contributed by atoms with Gasteiger partial charge in [-0.1, -0.05) is 29.8 Å². The maximum atomic E-state index is 12.8. The third-order valence-electron chi connectivity index (χ3n) is 4.85. The zero-order chi connectivity index (χ0) is 21.0. The average molecular weight is 437 g/mol. The minimum atomic E-state index is -3.62. The molecule has 0 radical (unpaired) electrons. The summed E-state index contributed by atoms with van der Waals surface area (Å²) >= 11 is 6.18. The minimum absolute atomic E-state index is 0.0813. The lowest BCUT2D eigenvalue weighted by Gasteiger charge is -2.18. The normalized spacial score (nSPS) is 15.8. The minimum Gasteiger partial charge on any atom is -0.491 e. The lowest BCUT2D eigenvalue weighted by atomic mass is 10.2. The van der Waals surface area contributed by atoms with Crippen molar-refractivity contribution in [3.63, 3.8) is 0 Å². The van der Waals surface area contributed by atoms with Crippen LogP contribution >= 0.6 is 11.6 Å². The molecule has 0 saturated carbocycles. The maximum Gasteiger partial charge on any atom is 0.253 e. The van der Waals surface area contributed by atoms with E-state index in [4.69, 9.17) is 16.3 Å². The van der Waals surface area contributed by atoms with Crippen LogP contribution in [0.15, 0.2) is 47.4 Å². The lowest BCUT2D eigenvalue weighted by Crippen LogP contribution is -2.37. The van der Waals surface area contributed by atoms with Gasteiger partial charge in [-0.25, -0.2) is 8.42 Å². The molecule has 1 aliphatic heterocycles. The zero-order valence-corrected chi connectivity index (χ0v) is 18.1. The van der Waals surface area contributed by atoms with Crippen LogP contribution in [-0.2, 0) is 10.0 Å². The highest BCUT2D eigenvalue weighted by Gasteiger charge is 2.28. The van der Waals surface area contributed by atoms with Crippen molar-refractivity contribution in [3.05, 3.63) is 58.6 Å². The van der Waals surface area contributed by atoms with Crippen LogP contribution in [0.1, 0.15) is 35.7 Å². The van der Waals surface area contributed by atoms with Gasteiger partial charge in [-0.3, -0.25) is 4.79 Å². The van der Waals surface area contributed by atoms with Crippen LogP contribution in [-0.4, -0.2) is 44.4 Å². The molecule has 29 heavy (non-hydrogen) atoms. The number of nitrogens with one attached hydrogen (secondary N) is 1. The Kier molecular flexibility index (Phi) is 6.82. The Labute approximate surface area is 176 Å². The highest BCUT2D eigenvalue weighted by Crippen LogP contribution is 2.25. The topological polar surface area (TPSA) is 75.7 Å². The van der Waals surface area contributed by atoms with Crippen molar-refractivity contribution in [1.82, 2.24) is 9.62 Å². The summed E-state index contributed by atoms with van der Waals surface area (Å²) in [7, 11) is -3.62. The Hall–Kier alpha value is -2.09. The van der Waals surface area contributed by atoms with E-state index in [-0.39, 0.29) is 28.1 Å². The second-order valence-electron chi connectivity index (χ2n) is 7.20. The van der Waals surface area contributed by atoms with Crippen LogP contribution in [0.4, 0.5) is 0 Å². The molecule has 1 atom stereocenters. The van der Waals surface area contributed by atoms with Gasteiger partial charge in [-0.15, -0.1) is 0 Å². The fourth-order valence-electron chi connectivity index (χ4n) is 3.19. The standard InChI is InChI=1S/C21H25ClN2O4S/c1-15-7-3-4-8-20(15)28-14-16(2)23-21(25)18-13-17(9-10-19(18)22)29(26,27)24-11-5-6-12-24/h3-4,7-10,13,16H,5-6,11-12,14H2,1-2H3,(H,23,25)/t16-/m1/s1. The van der Waals surface area contributed by atoms with Crippen LogP contribution in [0.5, 0.6) is 5.75 Å². The molecule has 1 amide bonds. The molecule has 3 rings (SSSR count). The molecule has 1 saturated heterocycles. The predicted octanol–water partition coefficient (Wildman–Crippen LogP) is 3.63. The second-order valence-corrected chi connectivity index (χ2v) is 9.55. The Morgan fingerprint density at radius 2 is 1.90 bits per heavy atom. The first kappa shape index (κ1) is 21.6. The number of aryl methyl sites for hydroxylation is 1. The molecule has 1 aliphatic rings. The molecule has 1 heterocycles. The molecular formula is C21H25ClN2O4S. The van der Waals surface area contributed by atoms with Gasteiger partial charge in [0.1, 0.15) is 12.4 Å². The molecule has 156 valence electrons. The highest BCUT2D eigenvalue weighted by atomic mass is 35.5. The number of para-hydroxylation sites is 1. The van der Waals surface area contributed by atoms with Gasteiger partial charge in [0.25, 0.3) is 5.91 Å². The largest absolute Gasteiger partial charge is 0.491 e. The number of nitrogens with zero attached hydrogens (tertiary/aromatic N) is 1. The average Bonchev–Trinajstić information content (AvgIpc) is 3.23. The highest BCUT2D eigenvalue weighted by molar-refractivity contribution is 7.89. The van der Waals surface area contributed by atoms with Gasteiger partial charge in [0, 0.05) is 13.1 Å². The number of ether oxygens (including phenoxy) is 1. The molecule has 0 aliphatic carbocycles. The number of hydrogen-bond donors (Lipinski definition) is 1. The first-order chi connectivity index (χ1) is 13.8. The van der Waals surface area contributed by atoms with Crippen molar-refractivity contribution in [1.29, 1.82) is 0 Å². The Morgan fingerprint density at radius 3 is 2.59 bits per heavy atom. The number of halogens is 1. The van der Waals surface area contributed by atoms with Crippen LogP contribution in [0.2, 0.25) is 5.02 Å². The van der Waals surface area contributed by atoms with E-state index in [1.165, 1.54) is 22.5 Å². The number of carbonyl (C=O) groups excluding carboxylic acids is 1. The number of amides is 1. The third kappa shape index (κ3) is 5.10. The van der Waals surface area contributed by atoms with E-state index in [2.05, 4.69) is 5.32 Å². The number of carbonyl (C=O) groups is 1. The van der Waals surface area contributed by atoms with E-state index >= 15 is 0 Å². The van der Waals surface area contributed by atoms with Gasteiger partial charge in [-0.2, -0.15) is 4.31 Å². The summed E-state index contributed by atoms with van der Waals surface area (Å²) in [6.07, 6.45) is 1.69. The van der Waals surface area contributed by atoms with Crippen molar-refractivity contribution >= 4 is 27.5 Å². The first-order valence-electron chi connectivity index (χ1n) is 9.58. The van der Waals surface area contributed by atoms with E-state index in [9.17, 15) is 13.2 Å². The van der Waals surface area contributed by atoms with Crippen molar-refractivity contribution < 1.29 is 17.9 Å². The first-order valence-corrected chi connectivity index (χ1v) is 11.4. The van der Waals surface area contributed by atoms with Crippen molar-refractivity contribution in [2.45, 2.75) is 37.6 Å². The zero-order valence-electron chi connectivity index (χ0n) is 16.5. The third-order valence-corrected chi connectivity index (χ3v) is 7.07. The number of hydrogen-bond acceptors (Lipinski definition) is 4. The van der Waals surface area contributed by atoms with Crippen LogP contribution in [0.25, 0.3) is 0 Å². The molecule has 2 aromatic rings. The second kappa shape index (κ2) is 9.15. The summed E-state index contributed by atoms with van der Waals surface area (Å²) in [5.74, 6) is 0.319. The molecule has 2 aromatic carbocycles. The Morgan fingerprint density at radius 1 is 1.21 bits per heavy atom. The molecule has 0 aromatic heterocycles. The fraction of sp³-hybridized carbons (Fsp3) is 0.381. The number of sulfonamides is 1. The van der Waals surface area contributed by atoms with Crippen molar-refractivity contribution in [3.8, 4) is 5.75 Å². The molecule has 1 N–H and O–H groups in total. The molecule has 0 spiro atoms. The maximum absolute atomic E-state index is 12.8. The summed E-state index contributed by atoms with van der Waals surface area (Å²) in [5.41, 5.74) is 1.14. The van der Waals surface area contributed by atoms with Crippen LogP contribution in [0, 0.1) is 6.92 Å². The predicted molar refractivity (Wildman–Crippen MR) is 113 cm³/mol. The van der Waals surface area contributed by atoms with Crippen molar-refractivity contribution in [2.24, 2.45) is 0 Å². The molecule has 1 fully saturated rings. The number of rotatable bonds is 7. The summed E-state index contributed by atoms with van der Waals surface area (Å²) in [5, 5.41) is 3.02. The van der Waals surface area contributed by atoms with E-state index in [0.29, 0.717) is 13.1 Å². The summed E-state index contributed by atoms with van der Waals surface area (Å²) in [4.78, 5) is 12.8. The molecule has 6 nitrogen and oxygen atoms in total. The van der Waals surface area contributed by atoms with Gasteiger partial charge < -0.3 is 10.1 Å². The van der Waals surface area contributed by atoms with E-state index in [1.807, 2.05) is 38.1 Å². The monoisotopic (exact) mass is 436 g/mol. The summed E-state index contributed by atoms with van der Waals surface area (Å²) in [6, 6.07) is 11.6. The fourth-order valence-corrected chi connectivity index (χ4v) is 4.94. The SMILES string of the molecule is Cc1ccccc1OC[C@@H](C)NC(=O)c1cc(S(=O)(=O)N2CCCC2)ccc1Cl. The van der Waals surface area contributed by atoms with Gasteiger partial charge in [0.05, 0.1) is 21.5 Å². The van der Waals surface area contributed by atoms with Gasteiger partial charge in [0.2, 0.25) is 10.0 Å². The van der Waals surface area contributed by atoms with E-state index in [0.717, 1.165) is 24.2 Å². The summed E-state index contributed by atoms with van der Waals surface area (Å²) < 4.78 is 32.7. The van der Waals surface area contributed by atoms with E-state index in [1.54, 1.807) is 0 Å². The Balaban J connectivity index is 1.69. The van der Waals surface area contributed by atoms with Crippen LogP contribution in [0.3, 0.4) is 0 Å². The summed E-state index contributed by atoms with van der Waals surface area (Å²) in [6.45, 7) is 5.04. The quantitative estimate of drug-likeness (QED) is 0.719. The molecule has 0 bridgehead atoms. The van der Waals surface area contributed by atoms with Crippen LogP contribution < -0.4 is 10.1 Å². The molecular weight excluding hydrogens is 412 g/mol. The molecule has 0 unspecified atom stereocenters. The smallest absolute Gasteiger partial charge is 0.253 e. The van der Waals surface area contributed by atoms with Gasteiger partial charge >= 0.3 is 0 Å².